The van der Waals surface area contributed by atoms with Gasteiger partial charge in [0.05, 0.1) is 48.0 Å². The number of primary amides is 1. The SMILES string of the molecule is CCC1(OC(=O)CCC(F)(F)CNC(=O)OCc2ccc(C(C)C(C)C(=O)C(CCCNC(N)=O)NC(=O)C(NC(=O)OC(C)(C)C)C(C)C)cc2)C(=O)OCc2c1cc1n(c2=O)Cc2cc3c(Br)cccc3nc2-1. The average Bonchev–Trinajstić information content (AvgIpc) is 3.71. The number of halogens is 3. The van der Waals surface area contributed by atoms with E-state index >= 15 is 8.78 Å². The molecule has 0 radical (unpaired) electrons. The second kappa shape index (κ2) is 23.7. The Morgan fingerprint density at radius 1 is 0.960 bits per heavy atom. The number of nitrogens with two attached hydrogens (primary N) is 1. The molecule has 19 nitrogen and oxygen atoms in total. The van der Waals surface area contributed by atoms with Crippen LogP contribution in [-0.2, 0) is 63.5 Å². The molecule has 2 aromatic heterocycles. The number of aromatic nitrogens is 2. The van der Waals surface area contributed by atoms with Gasteiger partial charge in [-0.15, -0.1) is 0 Å². The van der Waals surface area contributed by atoms with Crippen molar-refractivity contribution in [2.45, 2.75) is 142 Å². The summed E-state index contributed by atoms with van der Waals surface area (Å²) in [4.78, 5) is 109. The van der Waals surface area contributed by atoms with Crippen LogP contribution in [0.1, 0.15) is 121 Å². The number of alkyl carbamates (subject to hydrolysis) is 2. The first kappa shape index (κ1) is 57.3. The molecular weight excluding hydrogens is 1040 g/mol. The Balaban J connectivity index is 1.01. The van der Waals surface area contributed by atoms with Crippen LogP contribution in [0.3, 0.4) is 0 Å². The van der Waals surface area contributed by atoms with Gasteiger partial charge in [-0.3, -0.25) is 19.2 Å². The van der Waals surface area contributed by atoms with Crippen molar-refractivity contribution in [3.63, 3.8) is 0 Å². The standard InChI is InChI=1S/C53H64BrF2N7O12/c1-9-53(36-23-40-43-33(22-34-37(54)12-10-13-38(34)60-43)24-63(40)46(67)35(36)26-72-47(53)68)74-41(64)19-20-52(55,56)27-59-49(70)73-25-31-15-17-32(18-16-31)29(4)30(5)44(65)39(14-11-21-58-48(57)69)61-45(66)42(28(2)3)62-50(71)75-51(6,7)8/h10,12-13,15-18,22-23,28-30,39,42H,9,11,14,19-21,24-27H2,1-8H3,(H,59,70)(H,61,66)(H,62,71)(H3,57,58,69). The van der Waals surface area contributed by atoms with Crippen molar-refractivity contribution in [1.29, 1.82) is 0 Å². The second-order valence-electron chi connectivity index (χ2n) is 20.2. The highest BCUT2D eigenvalue weighted by atomic mass is 79.9. The van der Waals surface area contributed by atoms with Crippen LogP contribution < -0.4 is 32.6 Å². The van der Waals surface area contributed by atoms with Crippen LogP contribution in [0, 0.1) is 11.8 Å². The van der Waals surface area contributed by atoms with Gasteiger partial charge >= 0.3 is 30.2 Å². The van der Waals surface area contributed by atoms with Gasteiger partial charge in [-0.1, -0.05) is 80.9 Å². The predicted molar refractivity (Wildman–Crippen MR) is 274 cm³/mol. The van der Waals surface area contributed by atoms with E-state index in [2.05, 4.69) is 31.9 Å². The number of cyclic esters (lactones) is 1. The van der Waals surface area contributed by atoms with Gasteiger partial charge in [0.1, 0.15) is 24.9 Å². The third kappa shape index (κ3) is 13.9. The quantitative estimate of drug-likeness (QED) is 0.0271. The Kier molecular flexibility index (Phi) is 18.1. The molecule has 2 aromatic carbocycles. The lowest BCUT2D eigenvalue weighted by molar-refractivity contribution is -0.190. The molecule has 4 heterocycles. The summed E-state index contributed by atoms with van der Waals surface area (Å²) < 4.78 is 54.3. The lowest BCUT2D eigenvalue weighted by Gasteiger charge is -2.35. The van der Waals surface area contributed by atoms with Crippen molar-refractivity contribution in [3.8, 4) is 11.4 Å². The van der Waals surface area contributed by atoms with Gasteiger partial charge in [0.15, 0.2) is 5.78 Å². The van der Waals surface area contributed by atoms with E-state index in [0.717, 1.165) is 21.0 Å². The van der Waals surface area contributed by atoms with Crippen molar-refractivity contribution in [3.05, 3.63) is 97.2 Å². The maximum Gasteiger partial charge on any atom is 0.408 e. The van der Waals surface area contributed by atoms with Crippen molar-refractivity contribution >= 4 is 68.7 Å². The molecule has 4 aromatic rings. The summed E-state index contributed by atoms with van der Waals surface area (Å²) in [6.07, 6.45) is -3.58. The molecular formula is C53H64BrF2N7O12. The highest BCUT2D eigenvalue weighted by molar-refractivity contribution is 9.10. The summed E-state index contributed by atoms with van der Waals surface area (Å²) in [7, 11) is 0. The number of ether oxygens (including phenoxy) is 4. The zero-order valence-corrected chi connectivity index (χ0v) is 44.7. The summed E-state index contributed by atoms with van der Waals surface area (Å²) in [6, 6.07) is 13.0. The number of hydrogen-bond donors (Lipinski definition) is 5. The summed E-state index contributed by atoms with van der Waals surface area (Å²) in [6.45, 7) is 12.1. The molecule has 404 valence electrons. The van der Waals surface area contributed by atoms with E-state index in [-0.39, 0.29) is 67.9 Å². The van der Waals surface area contributed by atoms with Crippen LogP contribution in [0.2, 0.25) is 0 Å². The molecule has 5 amide bonds. The fraction of sp³-hybridized carbons (Fsp3) is 0.491. The van der Waals surface area contributed by atoms with E-state index in [4.69, 9.17) is 29.7 Å². The number of amides is 5. The predicted octanol–water partition coefficient (Wildman–Crippen LogP) is 7.53. The first-order valence-electron chi connectivity index (χ1n) is 24.7. The summed E-state index contributed by atoms with van der Waals surface area (Å²) >= 11 is 3.54. The molecule has 5 unspecified atom stereocenters. The van der Waals surface area contributed by atoms with Crippen molar-refractivity contribution in [2.24, 2.45) is 17.6 Å². The number of Topliss-reactive ketones (excluding diaryl/α,β-unsaturated/α-hetero) is 1. The third-order valence-corrected chi connectivity index (χ3v) is 14.0. The Morgan fingerprint density at radius 3 is 2.32 bits per heavy atom. The largest absolute Gasteiger partial charge is 0.457 e. The Hall–Kier alpha value is -6.97. The van der Waals surface area contributed by atoms with Gasteiger partial charge in [0, 0.05) is 39.9 Å². The highest BCUT2D eigenvalue weighted by Gasteiger charge is 2.51. The molecule has 0 bridgehead atoms. The van der Waals surface area contributed by atoms with Gasteiger partial charge in [-0.2, -0.15) is 0 Å². The van der Waals surface area contributed by atoms with Gasteiger partial charge in [0.2, 0.25) is 11.5 Å². The number of carbonyl (C=O) groups excluding carboxylic acids is 7. The fourth-order valence-electron chi connectivity index (χ4n) is 8.95. The van der Waals surface area contributed by atoms with Gasteiger partial charge in [0.25, 0.3) is 11.5 Å². The third-order valence-electron chi connectivity index (χ3n) is 13.3. The Morgan fingerprint density at radius 2 is 1.67 bits per heavy atom. The molecule has 6 rings (SSSR count). The monoisotopic (exact) mass is 1110 g/mol. The van der Waals surface area contributed by atoms with E-state index in [9.17, 15) is 38.4 Å². The van der Waals surface area contributed by atoms with Crippen molar-refractivity contribution < 1.29 is 61.3 Å². The highest BCUT2D eigenvalue weighted by Crippen LogP contribution is 2.42. The Labute approximate surface area is 440 Å². The molecule has 2 aliphatic heterocycles. The molecule has 0 saturated heterocycles. The molecule has 2 aliphatic rings. The van der Waals surface area contributed by atoms with E-state index < -0.39 is 96.1 Å². The number of fused-ring (bicyclic) bond motifs is 5. The summed E-state index contributed by atoms with van der Waals surface area (Å²) in [5.74, 6) is -8.00. The minimum atomic E-state index is -3.61. The van der Waals surface area contributed by atoms with Crippen molar-refractivity contribution in [1.82, 2.24) is 30.8 Å². The molecule has 5 atom stereocenters. The number of urea groups is 1. The zero-order valence-electron chi connectivity index (χ0n) is 43.2. The number of benzene rings is 2. The van der Waals surface area contributed by atoms with E-state index in [1.54, 1.807) is 78.8 Å². The molecule has 75 heavy (non-hydrogen) atoms. The molecule has 0 spiro atoms. The molecule has 0 fully saturated rings. The van der Waals surface area contributed by atoms with Gasteiger partial charge < -0.3 is 50.5 Å². The summed E-state index contributed by atoms with van der Waals surface area (Å²) in [5, 5.41) is 10.7. The zero-order chi connectivity index (χ0) is 55.2. The van der Waals surface area contributed by atoms with Gasteiger partial charge in [-0.05, 0) is 87.3 Å². The van der Waals surface area contributed by atoms with Crippen LogP contribution in [0.25, 0.3) is 22.3 Å². The Bertz CT molecular complexity index is 2910. The first-order chi connectivity index (χ1) is 35.2. The summed E-state index contributed by atoms with van der Waals surface area (Å²) in [5.41, 5.74) is 5.60. The smallest absolute Gasteiger partial charge is 0.408 e. The number of esters is 2. The lowest BCUT2D eigenvalue weighted by Crippen LogP contribution is -2.55. The van der Waals surface area contributed by atoms with E-state index in [1.165, 1.54) is 4.57 Å². The van der Waals surface area contributed by atoms with E-state index in [0.29, 0.717) is 28.9 Å². The maximum atomic E-state index is 15.2. The number of hydrogen-bond acceptors (Lipinski definition) is 13. The maximum absolute atomic E-state index is 15.2. The molecule has 0 aliphatic carbocycles. The number of carbonyl (C=O) groups is 7. The van der Waals surface area contributed by atoms with E-state index in [1.807, 2.05) is 36.5 Å². The number of rotatable bonds is 21. The lowest BCUT2D eigenvalue weighted by atomic mass is 9.82. The topological polar surface area (TPSA) is 265 Å². The average molecular weight is 1110 g/mol. The van der Waals surface area contributed by atoms with Crippen molar-refractivity contribution in [2.75, 3.05) is 13.1 Å². The number of alkyl halides is 2. The van der Waals surface area contributed by atoms with Crippen LogP contribution in [-0.4, -0.2) is 88.1 Å². The minimum absolute atomic E-state index is 0.0954. The molecule has 6 N–H and O–H groups in total. The fourth-order valence-corrected chi connectivity index (χ4v) is 9.42. The van der Waals surface area contributed by atoms with Crippen LogP contribution >= 0.6 is 15.9 Å². The number of ketones is 1. The van der Waals surface area contributed by atoms with Crippen LogP contribution in [0.15, 0.2) is 63.9 Å². The minimum Gasteiger partial charge on any atom is -0.457 e. The number of nitrogens with one attached hydrogen (secondary N) is 4. The normalized spacial score (nSPS) is 16.5. The number of nitrogens with zero attached hydrogens (tertiary/aromatic N) is 2. The van der Waals surface area contributed by atoms with Gasteiger partial charge in [-0.25, -0.2) is 32.9 Å². The first-order valence-corrected chi connectivity index (χ1v) is 25.5. The second-order valence-corrected chi connectivity index (χ2v) is 21.1. The van der Waals surface area contributed by atoms with Crippen LogP contribution in [0.4, 0.5) is 23.2 Å². The molecule has 0 saturated carbocycles. The number of pyridine rings is 2. The van der Waals surface area contributed by atoms with Crippen LogP contribution in [0.5, 0.6) is 0 Å². The molecule has 22 heteroatoms.